The van der Waals surface area contributed by atoms with Gasteiger partial charge in [0.2, 0.25) is 17.7 Å². The number of halogens is 2. The number of rotatable bonds is 6. The molecular weight excluding hydrogens is 650 g/mol. The van der Waals surface area contributed by atoms with E-state index in [2.05, 4.69) is 21.2 Å². The zero-order valence-corrected chi connectivity index (χ0v) is 25.4. The van der Waals surface area contributed by atoms with Crippen LogP contribution in [0.25, 0.3) is 0 Å². The number of fused-ring (bicyclic) bond motifs is 2. The van der Waals surface area contributed by atoms with Gasteiger partial charge in [-0.05, 0) is 66.2 Å². The number of carbonyl (C=O) groups excluding carboxylic acids is 3. The quantitative estimate of drug-likeness (QED) is 0.262. The highest BCUT2D eigenvalue weighted by molar-refractivity contribution is 9.10. The number of anilines is 2. The fraction of sp³-hybridized carbons (Fsp3) is 0.172. The third-order valence-electron chi connectivity index (χ3n) is 7.04. The minimum atomic E-state index is -0.773. The van der Waals surface area contributed by atoms with Crippen molar-refractivity contribution in [3.05, 3.63) is 102 Å². The van der Waals surface area contributed by atoms with Crippen LogP contribution in [-0.4, -0.2) is 34.6 Å². The molecule has 1 fully saturated rings. The van der Waals surface area contributed by atoms with Crippen LogP contribution < -0.4 is 19.8 Å². The SMILES string of the molecule is COc1ccc([C@@H]2c3sc(=O)n(CC(=O)Nc4ccc(Cl)cc4)c3S[C@@H]3C(=O)N(c4ccc(Br)cc4)C(=O)[C@H]23)cc1. The summed E-state index contributed by atoms with van der Waals surface area (Å²) in [6.45, 7) is -0.244. The number of nitrogens with zero attached hydrogens (tertiary/aromatic N) is 2. The molecule has 0 saturated carbocycles. The highest BCUT2D eigenvalue weighted by atomic mass is 79.9. The predicted octanol–water partition coefficient (Wildman–Crippen LogP) is 5.77. The van der Waals surface area contributed by atoms with Crippen LogP contribution in [0.4, 0.5) is 11.4 Å². The number of imide groups is 1. The lowest BCUT2D eigenvalue weighted by Crippen LogP contribution is -2.33. The molecule has 0 bridgehead atoms. The average molecular weight is 671 g/mol. The molecule has 208 valence electrons. The van der Waals surface area contributed by atoms with Gasteiger partial charge in [0.25, 0.3) is 0 Å². The first-order chi connectivity index (χ1) is 19.7. The topological polar surface area (TPSA) is 97.7 Å². The molecule has 1 N–H and O–H groups in total. The van der Waals surface area contributed by atoms with Crippen molar-refractivity contribution in [3.63, 3.8) is 0 Å². The third kappa shape index (κ3) is 5.12. The van der Waals surface area contributed by atoms with Gasteiger partial charge >= 0.3 is 4.87 Å². The molecule has 0 spiro atoms. The minimum absolute atomic E-state index is 0.244. The van der Waals surface area contributed by atoms with E-state index in [4.69, 9.17) is 16.3 Å². The lowest BCUT2D eigenvalue weighted by atomic mass is 9.83. The third-order valence-corrected chi connectivity index (χ3v) is 10.4. The summed E-state index contributed by atoms with van der Waals surface area (Å²) >= 11 is 11.5. The molecule has 41 heavy (non-hydrogen) atoms. The Morgan fingerprint density at radius 2 is 1.66 bits per heavy atom. The van der Waals surface area contributed by atoms with Crippen LogP contribution in [0.2, 0.25) is 5.02 Å². The number of ether oxygens (including phenoxy) is 1. The number of benzene rings is 3. The first-order valence-electron chi connectivity index (χ1n) is 12.5. The van der Waals surface area contributed by atoms with E-state index in [1.165, 1.54) is 21.2 Å². The summed E-state index contributed by atoms with van der Waals surface area (Å²) in [5, 5.41) is 3.07. The average Bonchev–Trinajstić information content (AvgIpc) is 3.41. The molecule has 0 radical (unpaired) electrons. The summed E-state index contributed by atoms with van der Waals surface area (Å²) in [6.07, 6.45) is 0. The van der Waals surface area contributed by atoms with Crippen LogP contribution in [0.1, 0.15) is 16.4 Å². The zero-order chi connectivity index (χ0) is 28.8. The predicted molar refractivity (Wildman–Crippen MR) is 163 cm³/mol. The Kier molecular flexibility index (Phi) is 7.54. The molecule has 6 rings (SSSR count). The molecule has 0 aliphatic carbocycles. The second kappa shape index (κ2) is 11.1. The van der Waals surface area contributed by atoms with Crippen molar-refractivity contribution in [1.82, 2.24) is 4.57 Å². The van der Waals surface area contributed by atoms with Crippen LogP contribution in [0, 0.1) is 5.92 Å². The van der Waals surface area contributed by atoms with Crippen LogP contribution in [0.15, 0.2) is 87.1 Å². The Labute approximate surface area is 256 Å². The van der Waals surface area contributed by atoms with Crippen molar-refractivity contribution in [1.29, 1.82) is 0 Å². The van der Waals surface area contributed by atoms with Crippen molar-refractivity contribution < 1.29 is 19.1 Å². The number of nitrogens with one attached hydrogen (secondary N) is 1. The Morgan fingerprint density at radius 1 is 0.976 bits per heavy atom. The van der Waals surface area contributed by atoms with E-state index in [1.54, 1.807) is 67.8 Å². The summed E-state index contributed by atoms with van der Waals surface area (Å²) in [5.74, 6) is -1.72. The molecule has 3 amide bonds. The van der Waals surface area contributed by atoms with Gasteiger partial charge in [0.1, 0.15) is 17.5 Å². The Balaban J connectivity index is 1.40. The van der Waals surface area contributed by atoms with E-state index in [1.807, 2.05) is 12.1 Å². The standard InChI is InChI=1S/C29H21BrClN3O5S2/c1-39-20-12-2-15(3-13-20)22-23-24(27(37)34(26(23)36)19-10-4-16(30)5-11-19)40-28-25(22)41-29(38)33(28)14-21(35)32-18-8-6-17(31)7-9-18/h2-13,22-24H,14H2,1H3,(H,32,35)/t22-,23+,24-/m0/s1. The molecule has 1 aromatic heterocycles. The first kappa shape index (κ1) is 27.8. The number of amides is 3. The monoisotopic (exact) mass is 669 g/mol. The first-order valence-corrected chi connectivity index (χ1v) is 15.3. The van der Waals surface area contributed by atoms with E-state index >= 15 is 0 Å². The molecule has 3 heterocycles. The second-order valence-electron chi connectivity index (χ2n) is 9.48. The fourth-order valence-corrected chi connectivity index (χ4v) is 8.31. The lowest BCUT2D eigenvalue weighted by molar-refractivity contribution is -0.122. The fourth-order valence-electron chi connectivity index (χ4n) is 5.15. The maximum absolute atomic E-state index is 14.0. The van der Waals surface area contributed by atoms with Gasteiger partial charge in [-0.3, -0.25) is 23.7 Å². The molecule has 4 aromatic rings. The van der Waals surface area contributed by atoms with Gasteiger partial charge in [0.05, 0.1) is 23.7 Å². The largest absolute Gasteiger partial charge is 0.497 e. The number of thioether (sulfide) groups is 1. The number of methoxy groups -OCH3 is 1. The van der Waals surface area contributed by atoms with Crippen LogP contribution in [0.3, 0.4) is 0 Å². The number of hydrogen-bond acceptors (Lipinski definition) is 7. The highest BCUT2D eigenvalue weighted by Gasteiger charge is 2.56. The van der Waals surface area contributed by atoms with E-state index in [0.717, 1.165) is 21.4 Å². The lowest BCUT2D eigenvalue weighted by Gasteiger charge is -2.30. The normalized spacial score (nSPS) is 19.6. The smallest absolute Gasteiger partial charge is 0.308 e. The number of carbonyl (C=O) groups is 3. The van der Waals surface area contributed by atoms with Gasteiger partial charge < -0.3 is 10.1 Å². The maximum Gasteiger partial charge on any atom is 0.308 e. The summed E-state index contributed by atoms with van der Waals surface area (Å²) < 4.78 is 7.53. The van der Waals surface area contributed by atoms with Crippen LogP contribution in [0.5, 0.6) is 5.75 Å². The summed E-state index contributed by atoms with van der Waals surface area (Å²) in [6, 6.07) is 20.9. The summed E-state index contributed by atoms with van der Waals surface area (Å²) in [4.78, 5) is 55.6. The molecule has 2 aliphatic rings. The highest BCUT2D eigenvalue weighted by Crippen LogP contribution is 2.54. The van der Waals surface area contributed by atoms with E-state index in [-0.39, 0.29) is 23.2 Å². The molecule has 2 aliphatic heterocycles. The Bertz CT molecular complexity index is 1720. The van der Waals surface area contributed by atoms with Gasteiger partial charge in [0, 0.05) is 26.0 Å². The summed E-state index contributed by atoms with van der Waals surface area (Å²) in [5.41, 5.74) is 1.80. The van der Waals surface area contributed by atoms with Gasteiger partial charge in [-0.1, -0.05) is 62.8 Å². The Morgan fingerprint density at radius 3 is 2.32 bits per heavy atom. The second-order valence-corrected chi connectivity index (χ2v) is 13.0. The van der Waals surface area contributed by atoms with Crippen molar-refractivity contribution in [2.75, 3.05) is 17.3 Å². The Hall–Kier alpha value is -3.38. The van der Waals surface area contributed by atoms with E-state index in [0.29, 0.717) is 32.1 Å². The number of thiazole rings is 1. The van der Waals surface area contributed by atoms with E-state index < -0.39 is 23.0 Å². The molecular formula is C29H21BrClN3O5S2. The minimum Gasteiger partial charge on any atom is -0.497 e. The van der Waals surface area contributed by atoms with Gasteiger partial charge in [0.15, 0.2) is 0 Å². The van der Waals surface area contributed by atoms with Gasteiger partial charge in [-0.15, -0.1) is 0 Å². The van der Waals surface area contributed by atoms with Crippen molar-refractivity contribution in [3.8, 4) is 5.75 Å². The van der Waals surface area contributed by atoms with Gasteiger partial charge in [-0.25, -0.2) is 4.90 Å². The molecule has 1 saturated heterocycles. The van der Waals surface area contributed by atoms with Crippen molar-refractivity contribution in [2.24, 2.45) is 5.92 Å². The molecule has 8 nitrogen and oxygen atoms in total. The van der Waals surface area contributed by atoms with Crippen molar-refractivity contribution >= 4 is 79.7 Å². The number of hydrogen-bond donors (Lipinski definition) is 1. The van der Waals surface area contributed by atoms with Crippen LogP contribution in [-0.2, 0) is 20.9 Å². The molecule has 3 atom stereocenters. The molecule has 0 unspecified atom stereocenters. The summed E-state index contributed by atoms with van der Waals surface area (Å²) in [7, 11) is 1.57. The van der Waals surface area contributed by atoms with Crippen molar-refractivity contribution in [2.45, 2.75) is 22.7 Å². The maximum atomic E-state index is 14.0. The zero-order valence-electron chi connectivity index (χ0n) is 21.4. The molecule has 12 heteroatoms. The number of aromatic nitrogens is 1. The molecule has 3 aromatic carbocycles. The van der Waals surface area contributed by atoms with E-state index in [9.17, 15) is 19.2 Å². The van der Waals surface area contributed by atoms with Gasteiger partial charge in [-0.2, -0.15) is 0 Å². The van der Waals surface area contributed by atoms with Crippen LogP contribution >= 0.6 is 50.6 Å².